The maximum absolute atomic E-state index is 12.3. The molecule has 1 aliphatic rings. The summed E-state index contributed by atoms with van der Waals surface area (Å²) in [6.07, 6.45) is 3.80. The summed E-state index contributed by atoms with van der Waals surface area (Å²) in [6.45, 7) is 3.37. The van der Waals surface area contributed by atoms with Gasteiger partial charge in [0, 0.05) is 24.0 Å². The molecule has 1 N–H and O–H groups in total. The molecule has 0 spiro atoms. The van der Waals surface area contributed by atoms with E-state index in [0.29, 0.717) is 16.6 Å². The third kappa shape index (κ3) is 3.67. The van der Waals surface area contributed by atoms with Crippen molar-refractivity contribution in [1.82, 2.24) is 0 Å². The summed E-state index contributed by atoms with van der Waals surface area (Å²) in [7, 11) is 0. The van der Waals surface area contributed by atoms with Crippen LogP contribution in [-0.2, 0) is 0 Å². The Hall–Kier alpha value is -2.00. The van der Waals surface area contributed by atoms with Gasteiger partial charge in [-0.1, -0.05) is 23.7 Å². The molecule has 1 saturated heterocycles. The molecule has 23 heavy (non-hydrogen) atoms. The summed E-state index contributed by atoms with van der Waals surface area (Å²) >= 11 is 6.06. The van der Waals surface area contributed by atoms with Gasteiger partial charge >= 0.3 is 0 Å². The Morgan fingerprint density at radius 2 is 1.87 bits per heavy atom. The molecule has 1 aliphatic heterocycles. The highest BCUT2D eigenvalue weighted by Crippen LogP contribution is 2.26. The molecule has 0 aliphatic carbocycles. The van der Waals surface area contributed by atoms with E-state index in [1.807, 2.05) is 24.3 Å². The third-order valence-electron chi connectivity index (χ3n) is 4.38. The normalized spacial score (nSPS) is 17.8. The first-order chi connectivity index (χ1) is 11.1. The van der Waals surface area contributed by atoms with Gasteiger partial charge in [-0.3, -0.25) is 4.79 Å². The molecule has 0 radical (unpaired) electrons. The van der Waals surface area contributed by atoms with Gasteiger partial charge in [0.25, 0.3) is 5.91 Å². The molecule has 0 unspecified atom stereocenters. The smallest absolute Gasteiger partial charge is 0.257 e. The van der Waals surface area contributed by atoms with Crippen molar-refractivity contribution in [3.05, 3.63) is 59.1 Å². The lowest BCUT2D eigenvalue weighted by Gasteiger charge is -2.35. The number of amides is 1. The van der Waals surface area contributed by atoms with Crippen LogP contribution >= 0.6 is 11.6 Å². The first-order valence-corrected chi connectivity index (χ1v) is 8.45. The number of anilines is 2. The van der Waals surface area contributed by atoms with Crippen molar-refractivity contribution in [2.24, 2.45) is 0 Å². The van der Waals surface area contributed by atoms with Gasteiger partial charge in [-0.2, -0.15) is 0 Å². The Morgan fingerprint density at radius 1 is 1.13 bits per heavy atom. The Bertz CT molecular complexity index is 684. The van der Waals surface area contributed by atoms with Crippen LogP contribution in [0.2, 0.25) is 5.02 Å². The van der Waals surface area contributed by atoms with Gasteiger partial charge in [0.05, 0.1) is 10.6 Å². The number of nitrogens with zero attached hydrogens (tertiary/aromatic N) is 1. The molecular formula is C19H21ClN2O. The lowest BCUT2D eigenvalue weighted by Crippen LogP contribution is -2.37. The second-order valence-corrected chi connectivity index (χ2v) is 6.43. The first kappa shape index (κ1) is 15.9. The molecule has 1 heterocycles. The van der Waals surface area contributed by atoms with Crippen LogP contribution in [0, 0.1) is 0 Å². The van der Waals surface area contributed by atoms with Crippen LogP contribution in [0.25, 0.3) is 0 Å². The van der Waals surface area contributed by atoms with E-state index in [2.05, 4.69) is 29.3 Å². The molecule has 3 rings (SSSR count). The van der Waals surface area contributed by atoms with Crippen LogP contribution in [-0.4, -0.2) is 18.5 Å². The van der Waals surface area contributed by atoms with Crippen LogP contribution in [0.3, 0.4) is 0 Å². The van der Waals surface area contributed by atoms with Crippen LogP contribution in [0.5, 0.6) is 0 Å². The molecule has 1 atom stereocenters. The monoisotopic (exact) mass is 328 g/mol. The Labute approximate surface area is 142 Å². The van der Waals surface area contributed by atoms with Gasteiger partial charge in [-0.25, -0.2) is 0 Å². The number of carbonyl (C=O) groups is 1. The molecule has 1 amide bonds. The van der Waals surface area contributed by atoms with Crippen LogP contribution in [0.4, 0.5) is 11.4 Å². The third-order valence-corrected chi connectivity index (χ3v) is 4.71. The standard InChI is InChI=1S/C19H21ClN2O/c1-14-6-4-5-13-22(14)16-11-9-15(10-12-16)21-19(23)17-7-2-3-8-18(17)20/h2-3,7-12,14H,4-6,13H2,1H3,(H,21,23)/t14-/m1/s1. The molecule has 0 bridgehead atoms. The Morgan fingerprint density at radius 3 is 2.57 bits per heavy atom. The zero-order valence-electron chi connectivity index (χ0n) is 13.3. The van der Waals surface area contributed by atoms with E-state index in [0.717, 1.165) is 12.2 Å². The van der Waals surface area contributed by atoms with E-state index in [-0.39, 0.29) is 5.91 Å². The molecular weight excluding hydrogens is 308 g/mol. The number of benzene rings is 2. The summed E-state index contributed by atoms with van der Waals surface area (Å²) in [5, 5.41) is 3.36. The van der Waals surface area contributed by atoms with E-state index >= 15 is 0 Å². The van der Waals surface area contributed by atoms with Gasteiger partial charge in [-0.05, 0) is 62.6 Å². The molecule has 120 valence electrons. The van der Waals surface area contributed by atoms with Crippen molar-refractivity contribution in [2.75, 3.05) is 16.8 Å². The maximum atomic E-state index is 12.3. The van der Waals surface area contributed by atoms with Gasteiger partial charge in [0.15, 0.2) is 0 Å². The first-order valence-electron chi connectivity index (χ1n) is 8.08. The minimum Gasteiger partial charge on any atom is -0.369 e. The second-order valence-electron chi connectivity index (χ2n) is 6.02. The van der Waals surface area contributed by atoms with Crippen molar-refractivity contribution >= 4 is 28.9 Å². The van der Waals surface area contributed by atoms with E-state index in [9.17, 15) is 4.79 Å². The van der Waals surface area contributed by atoms with Crippen molar-refractivity contribution < 1.29 is 4.79 Å². The zero-order valence-corrected chi connectivity index (χ0v) is 14.0. The van der Waals surface area contributed by atoms with E-state index < -0.39 is 0 Å². The predicted octanol–water partition coefficient (Wildman–Crippen LogP) is 4.97. The number of nitrogens with one attached hydrogen (secondary N) is 1. The van der Waals surface area contributed by atoms with E-state index in [1.54, 1.807) is 12.1 Å². The highest BCUT2D eigenvalue weighted by Gasteiger charge is 2.18. The summed E-state index contributed by atoms with van der Waals surface area (Å²) in [4.78, 5) is 14.7. The number of hydrogen-bond acceptors (Lipinski definition) is 2. The molecule has 3 nitrogen and oxygen atoms in total. The van der Waals surface area contributed by atoms with Crippen molar-refractivity contribution in [2.45, 2.75) is 32.2 Å². The van der Waals surface area contributed by atoms with Crippen molar-refractivity contribution in [3.63, 3.8) is 0 Å². The van der Waals surface area contributed by atoms with Crippen LogP contribution in [0.1, 0.15) is 36.5 Å². The van der Waals surface area contributed by atoms with Gasteiger partial charge in [-0.15, -0.1) is 0 Å². The number of rotatable bonds is 3. The highest BCUT2D eigenvalue weighted by molar-refractivity contribution is 6.34. The largest absolute Gasteiger partial charge is 0.369 e. The topological polar surface area (TPSA) is 32.3 Å². The molecule has 1 fully saturated rings. The summed E-state index contributed by atoms with van der Waals surface area (Å²) in [6, 6.07) is 15.7. The van der Waals surface area contributed by atoms with E-state index in [4.69, 9.17) is 11.6 Å². The van der Waals surface area contributed by atoms with Crippen molar-refractivity contribution in [1.29, 1.82) is 0 Å². The van der Waals surface area contributed by atoms with Crippen LogP contribution in [0.15, 0.2) is 48.5 Å². The van der Waals surface area contributed by atoms with Crippen LogP contribution < -0.4 is 10.2 Å². The Kier molecular flexibility index (Phi) is 4.87. The highest BCUT2D eigenvalue weighted by atomic mass is 35.5. The summed E-state index contributed by atoms with van der Waals surface area (Å²) < 4.78 is 0. The van der Waals surface area contributed by atoms with Gasteiger partial charge in [0.1, 0.15) is 0 Å². The molecule has 0 saturated carbocycles. The van der Waals surface area contributed by atoms with Gasteiger partial charge < -0.3 is 10.2 Å². The average Bonchev–Trinajstić information content (AvgIpc) is 2.56. The average molecular weight is 329 g/mol. The lowest BCUT2D eigenvalue weighted by atomic mass is 10.0. The number of halogens is 1. The van der Waals surface area contributed by atoms with Gasteiger partial charge in [0.2, 0.25) is 0 Å². The minimum atomic E-state index is -0.185. The molecule has 0 aromatic heterocycles. The quantitative estimate of drug-likeness (QED) is 0.862. The predicted molar refractivity (Wildman–Crippen MR) is 96.5 cm³/mol. The zero-order chi connectivity index (χ0) is 16.2. The number of piperidine rings is 1. The van der Waals surface area contributed by atoms with E-state index in [1.165, 1.54) is 24.9 Å². The fourth-order valence-electron chi connectivity index (χ4n) is 3.06. The number of hydrogen-bond donors (Lipinski definition) is 1. The SMILES string of the molecule is C[C@@H]1CCCCN1c1ccc(NC(=O)c2ccccc2Cl)cc1. The maximum Gasteiger partial charge on any atom is 0.257 e. The summed E-state index contributed by atoms with van der Waals surface area (Å²) in [5.74, 6) is -0.185. The molecule has 2 aromatic carbocycles. The fraction of sp³-hybridized carbons (Fsp3) is 0.316. The number of carbonyl (C=O) groups excluding carboxylic acids is 1. The van der Waals surface area contributed by atoms with Crippen molar-refractivity contribution in [3.8, 4) is 0 Å². The second kappa shape index (κ2) is 7.05. The summed E-state index contributed by atoms with van der Waals surface area (Å²) in [5.41, 5.74) is 2.49. The fourth-order valence-corrected chi connectivity index (χ4v) is 3.28. The molecule has 4 heteroatoms. The lowest BCUT2D eigenvalue weighted by molar-refractivity contribution is 0.102. The Balaban J connectivity index is 1.70. The molecule has 2 aromatic rings. The minimum absolute atomic E-state index is 0.185.